The molecule has 106 valence electrons. The average molecular weight is 276 g/mol. The Balaban J connectivity index is 2.50. The summed E-state index contributed by atoms with van der Waals surface area (Å²) in [6, 6.07) is 8.80. The number of benzene rings is 1. The van der Waals surface area contributed by atoms with Gasteiger partial charge in [-0.3, -0.25) is 14.4 Å². The molecule has 4 unspecified atom stereocenters. The Labute approximate surface area is 116 Å². The van der Waals surface area contributed by atoms with Crippen molar-refractivity contribution < 1.29 is 24.6 Å². The number of rotatable bonds is 3. The number of carboxylic acid groups (broad SMARTS) is 2. The zero-order valence-electron chi connectivity index (χ0n) is 11.0. The summed E-state index contributed by atoms with van der Waals surface area (Å²) in [4.78, 5) is 34.8. The third-order valence-corrected chi connectivity index (χ3v) is 4.07. The van der Waals surface area contributed by atoms with Crippen LogP contribution in [0.5, 0.6) is 0 Å². The van der Waals surface area contributed by atoms with E-state index in [1.165, 1.54) is 0 Å². The van der Waals surface area contributed by atoms with Gasteiger partial charge < -0.3 is 10.2 Å². The molecule has 0 saturated heterocycles. The van der Waals surface area contributed by atoms with Gasteiger partial charge in [-0.25, -0.2) is 0 Å². The molecule has 1 aliphatic rings. The number of ketones is 1. The lowest BCUT2D eigenvalue weighted by Crippen LogP contribution is -2.44. The van der Waals surface area contributed by atoms with Crippen LogP contribution in [0.4, 0.5) is 0 Å². The lowest BCUT2D eigenvalue weighted by molar-refractivity contribution is -0.160. The Kier molecular flexibility index (Phi) is 3.88. The van der Waals surface area contributed by atoms with Crippen molar-refractivity contribution in [2.75, 3.05) is 0 Å². The van der Waals surface area contributed by atoms with E-state index in [9.17, 15) is 24.6 Å². The fraction of sp³-hybridized carbons (Fsp3) is 0.400. The highest BCUT2D eigenvalue weighted by Gasteiger charge is 2.49. The molecule has 4 atom stereocenters. The highest BCUT2D eigenvalue weighted by Crippen LogP contribution is 2.43. The van der Waals surface area contributed by atoms with E-state index in [0.717, 1.165) is 0 Å². The smallest absolute Gasteiger partial charge is 0.308 e. The number of carbonyl (C=O) groups is 3. The summed E-state index contributed by atoms with van der Waals surface area (Å²) in [5, 5.41) is 18.6. The molecule has 5 nitrogen and oxygen atoms in total. The minimum atomic E-state index is -1.22. The van der Waals surface area contributed by atoms with Gasteiger partial charge in [-0.15, -0.1) is 0 Å². The molecule has 1 fully saturated rings. The second kappa shape index (κ2) is 5.45. The first-order chi connectivity index (χ1) is 9.43. The van der Waals surface area contributed by atoms with E-state index < -0.39 is 35.6 Å². The van der Waals surface area contributed by atoms with Crippen LogP contribution in [0.15, 0.2) is 30.3 Å². The third kappa shape index (κ3) is 2.43. The maximum atomic E-state index is 12.0. The molecule has 0 bridgehead atoms. The van der Waals surface area contributed by atoms with E-state index in [-0.39, 0.29) is 12.2 Å². The first kappa shape index (κ1) is 14.2. The van der Waals surface area contributed by atoms with E-state index in [4.69, 9.17) is 0 Å². The molecule has 0 heterocycles. The lowest BCUT2D eigenvalue weighted by Gasteiger charge is -2.37. The predicted molar refractivity (Wildman–Crippen MR) is 70.2 cm³/mol. The first-order valence-electron chi connectivity index (χ1n) is 6.46. The van der Waals surface area contributed by atoms with Crippen molar-refractivity contribution in [2.24, 2.45) is 17.8 Å². The van der Waals surface area contributed by atoms with Crippen molar-refractivity contribution in [1.82, 2.24) is 0 Å². The summed E-state index contributed by atoms with van der Waals surface area (Å²) in [7, 11) is 0. The second-order valence-electron chi connectivity index (χ2n) is 5.20. The van der Waals surface area contributed by atoms with Crippen LogP contribution in [0.25, 0.3) is 0 Å². The zero-order chi connectivity index (χ0) is 14.9. The van der Waals surface area contributed by atoms with Crippen molar-refractivity contribution in [3.05, 3.63) is 35.9 Å². The molecule has 1 aromatic rings. The molecule has 1 saturated carbocycles. The molecule has 20 heavy (non-hydrogen) atoms. The van der Waals surface area contributed by atoms with Gasteiger partial charge in [0.1, 0.15) is 5.78 Å². The van der Waals surface area contributed by atoms with Crippen LogP contribution in [0.1, 0.15) is 24.8 Å². The number of hydrogen-bond acceptors (Lipinski definition) is 3. The Morgan fingerprint density at radius 1 is 1.10 bits per heavy atom. The molecule has 0 radical (unpaired) electrons. The fourth-order valence-electron chi connectivity index (χ4n) is 3.03. The monoisotopic (exact) mass is 276 g/mol. The predicted octanol–water partition coefficient (Wildman–Crippen LogP) is 1.78. The summed E-state index contributed by atoms with van der Waals surface area (Å²) >= 11 is 0. The van der Waals surface area contributed by atoms with Crippen LogP contribution in [-0.4, -0.2) is 27.9 Å². The number of Topliss-reactive ketones (excluding diaryl/α,β-unsaturated/α-hetero) is 1. The van der Waals surface area contributed by atoms with E-state index in [1.807, 2.05) is 0 Å². The molecule has 0 spiro atoms. The quantitative estimate of drug-likeness (QED) is 0.878. The number of carbonyl (C=O) groups excluding carboxylic acids is 1. The van der Waals surface area contributed by atoms with Crippen molar-refractivity contribution in [3.63, 3.8) is 0 Å². The van der Waals surface area contributed by atoms with Gasteiger partial charge in [0.05, 0.1) is 11.8 Å². The number of carboxylic acids is 2. The van der Waals surface area contributed by atoms with Crippen LogP contribution < -0.4 is 0 Å². The first-order valence-corrected chi connectivity index (χ1v) is 6.46. The van der Waals surface area contributed by atoms with Crippen LogP contribution in [0, 0.1) is 17.8 Å². The van der Waals surface area contributed by atoms with Gasteiger partial charge in [-0.05, 0) is 5.56 Å². The number of aliphatic carboxylic acids is 2. The van der Waals surface area contributed by atoms with E-state index in [0.29, 0.717) is 5.56 Å². The Morgan fingerprint density at radius 3 is 2.20 bits per heavy atom. The summed E-state index contributed by atoms with van der Waals surface area (Å²) in [5.74, 6) is -5.91. The third-order valence-electron chi connectivity index (χ3n) is 4.07. The molecular formula is C15H16O5. The van der Waals surface area contributed by atoms with Crippen molar-refractivity contribution in [3.8, 4) is 0 Å². The average Bonchev–Trinajstić information content (AvgIpc) is 2.41. The Hall–Kier alpha value is -2.17. The normalized spacial score (nSPS) is 29.9. The summed E-state index contributed by atoms with van der Waals surface area (Å²) in [6.45, 7) is 1.67. The molecule has 5 heteroatoms. The van der Waals surface area contributed by atoms with Gasteiger partial charge in [-0.1, -0.05) is 37.3 Å². The van der Waals surface area contributed by atoms with Crippen LogP contribution in [0.2, 0.25) is 0 Å². The van der Waals surface area contributed by atoms with Crippen LogP contribution in [-0.2, 0) is 14.4 Å². The van der Waals surface area contributed by atoms with Gasteiger partial charge in [0.25, 0.3) is 0 Å². The largest absolute Gasteiger partial charge is 0.481 e. The van der Waals surface area contributed by atoms with Gasteiger partial charge in [-0.2, -0.15) is 0 Å². The van der Waals surface area contributed by atoms with Crippen LogP contribution >= 0.6 is 0 Å². The Morgan fingerprint density at radius 2 is 1.70 bits per heavy atom. The van der Waals surface area contributed by atoms with E-state index >= 15 is 0 Å². The summed E-state index contributed by atoms with van der Waals surface area (Å²) < 4.78 is 0. The van der Waals surface area contributed by atoms with Crippen LogP contribution in [0.3, 0.4) is 0 Å². The van der Waals surface area contributed by atoms with Gasteiger partial charge in [0.2, 0.25) is 0 Å². The zero-order valence-corrected chi connectivity index (χ0v) is 11.0. The fourth-order valence-corrected chi connectivity index (χ4v) is 3.03. The molecule has 1 aromatic carbocycles. The maximum Gasteiger partial charge on any atom is 0.308 e. The highest BCUT2D eigenvalue weighted by atomic mass is 16.4. The molecule has 2 rings (SSSR count). The van der Waals surface area contributed by atoms with Crippen molar-refractivity contribution in [1.29, 1.82) is 0 Å². The van der Waals surface area contributed by atoms with Crippen molar-refractivity contribution in [2.45, 2.75) is 19.3 Å². The summed E-state index contributed by atoms with van der Waals surface area (Å²) in [6.07, 6.45) is -0.212. The maximum absolute atomic E-state index is 12.0. The topological polar surface area (TPSA) is 91.7 Å². The lowest BCUT2D eigenvalue weighted by atomic mass is 9.64. The SMILES string of the molecule is CC1C(=O)CC(C(=O)O)C(C(=O)O)C1c1ccccc1. The van der Waals surface area contributed by atoms with E-state index in [1.54, 1.807) is 37.3 Å². The minimum Gasteiger partial charge on any atom is -0.481 e. The molecule has 0 amide bonds. The van der Waals surface area contributed by atoms with Crippen molar-refractivity contribution >= 4 is 17.7 Å². The molecule has 1 aliphatic carbocycles. The minimum absolute atomic E-state index is 0.191. The second-order valence-corrected chi connectivity index (χ2v) is 5.20. The molecule has 2 N–H and O–H groups in total. The standard InChI is InChI=1S/C15H16O5/c1-8-11(16)7-10(14(17)18)13(15(19)20)12(8)9-5-3-2-4-6-9/h2-6,8,10,12-13H,7H2,1H3,(H,17,18)(H,19,20). The van der Waals surface area contributed by atoms with E-state index in [2.05, 4.69) is 0 Å². The highest BCUT2D eigenvalue weighted by molar-refractivity contribution is 5.92. The van der Waals surface area contributed by atoms with Gasteiger partial charge in [0, 0.05) is 18.3 Å². The Bertz CT molecular complexity index is 536. The van der Waals surface area contributed by atoms with Gasteiger partial charge in [0.15, 0.2) is 0 Å². The van der Waals surface area contributed by atoms with Gasteiger partial charge >= 0.3 is 11.9 Å². The molecular weight excluding hydrogens is 260 g/mol. The summed E-state index contributed by atoms with van der Waals surface area (Å²) in [5.41, 5.74) is 0.701. The molecule has 0 aliphatic heterocycles. The number of hydrogen-bond donors (Lipinski definition) is 2. The molecule has 0 aromatic heterocycles.